The van der Waals surface area contributed by atoms with E-state index in [2.05, 4.69) is 34.7 Å². The summed E-state index contributed by atoms with van der Waals surface area (Å²) in [5.74, 6) is 0.913. The minimum absolute atomic E-state index is 0.162. The van der Waals surface area contributed by atoms with Gasteiger partial charge in [-0.3, -0.25) is 0 Å². The standard InChI is InChI=1S/C14H20N6O/c1-3-20-9-17-19-13(20)8-16-10(2)11-4-6-12(7-5-11)18-14(15)21/h4-7,9-10,16H,3,8H2,1-2H3,(H3,15,18,21). The molecule has 2 amide bonds. The van der Waals surface area contributed by atoms with E-state index in [1.54, 1.807) is 6.33 Å². The largest absolute Gasteiger partial charge is 0.351 e. The normalized spacial score (nSPS) is 12.1. The van der Waals surface area contributed by atoms with E-state index in [0.717, 1.165) is 17.9 Å². The summed E-state index contributed by atoms with van der Waals surface area (Å²) in [6.45, 7) is 5.63. The van der Waals surface area contributed by atoms with Gasteiger partial charge in [-0.15, -0.1) is 10.2 Å². The van der Waals surface area contributed by atoms with Crippen LogP contribution in [0.5, 0.6) is 0 Å². The van der Waals surface area contributed by atoms with Crippen LogP contribution in [0.15, 0.2) is 30.6 Å². The van der Waals surface area contributed by atoms with E-state index in [1.165, 1.54) is 0 Å². The second-order valence-electron chi connectivity index (χ2n) is 4.75. The maximum absolute atomic E-state index is 10.8. The number of nitrogens with zero attached hydrogens (tertiary/aromatic N) is 3. The summed E-state index contributed by atoms with van der Waals surface area (Å²) in [6, 6.07) is 7.16. The van der Waals surface area contributed by atoms with Crippen molar-refractivity contribution < 1.29 is 4.79 Å². The highest BCUT2D eigenvalue weighted by Gasteiger charge is 2.08. The summed E-state index contributed by atoms with van der Waals surface area (Å²) >= 11 is 0. The smallest absolute Gasteiger partial charge is 0.316 e. The van der Waals surface area contributed by atoms with Crippen molar-refractivity contribution in [1.29, 1.82) is 0 Å². The average Bonchev–Trinajstić information content (AvgIpc) is 2.92. The highest BCUT2D eigenvalue weighted by atomic mass is 16.2. The van der Waals surface area contributed by atoms with Crippen LogP contribution < -0.4 is 16.4 Å². The quantitative estimate of drug-likeness (QED) is 0.752. The molecule has 0 aliphatic heterocycles. The van der Waals surface area contributed by atoms with Gasteiger partial charge in [0.25, 0.3) is 0 Å². The van der Waals surface area contributed by atoms with Gasteiger partial charge in [0.1, 0.15) is 12.2 Å². The molecule has 0 bridgehead atoms. The molecule has 7 heteroatoms. The first-order valence-electron chi connectivity index (χ1n) is 6.86. The van der Waals surface area contributed by atoms with Gasteiger partial charge in [-0.05, 0) is 31.5 Å². The molecule has 0 aliphatic carbocycles. The third kappa shape index (κ3) is 4.03. The molecule has 1 unspecified atom stereocenters. The van der Waals surface area contributed by atoms with Crippen LogP contribution in [-0.4, -0.2) is 20.8 Å². The Morgan fingerprint density at radius 2 is 2.10 bits per heavy atom. The number of anilines is 1. The van der Waals surface area contributed by atoms with Gasteiger partial charge in [0.2, 0.25) is 0 Å². The van der Waals surface area contributed by atoms with Gasteiger partial charge >= 0.3 is 6.03 Å². The molecule has 0 aliphatic rings. The Labute approximate surface area is 123 Å². The van der Waals surface area contributed by atoms with E-state index < -0.39 is 6.03 Å². The number of primary amides is 1. The average molecular weight is 288 g/mol. The van der Waals surface area contributed by atoms with Crippen LogP contribution in [0.3, 0.4) is 0 Å². The number of hydrogen-bond acceptors (Lipinski definition) is 4. The molecule has 1 aromatic carbocycles. The zero-order valence-electron chi connectivity index (χ0n) is 12.2. The maximum Gasteiger partial charge on any atom is 0.316 e. The van der Waals surface area contributed by atoms with Crippen LogP contribution in [0.1, 0.15) is 31.3 Å². The molecule has 2 rings (SSSR count). The minimum Gasteiger partial charge on any atom is -0.351 e. The van der Waals surface area contributed by atoms with Crippen molar-refractivity contribution >= 4 is 11.7 Å². The van der Waals surface area contributed by atoms with E-state index in [-0.39, 0.29) is 6.04 Å². The summed E-state index contributed by atoms with van der Waals surface area (Å²) in [4.78, 5) is 10.8. The monoisotopic (exact) mass is 288 g/mol. The van der Waals surface area contributed by atoms with Crippen molar-refractivity contribution in [2.75, 3.05) is 5.32 Å². The number of urea groups is 1. The fourth-order valence-corrected chi connectivity index (χ4v) is 2.04. The van der Waals surface area contributed by atoms with Crippen molar-refractivity contribution in [3.05, 3.63) is 42.0 Å². The molecule has 112 valence electrons. The first kappa shape index (κ1) is 15.0. The third-order valence-corrected chi connectivity index (χ3v) is 3.28. The first-order chi connectivity index (χ1) is 10.1. The lowest BCUT2D eigenvalue weighted by Gasteiger charge is -2.14. The zero-order chi connectivity index (χ0) is 15.2. The predicted molar refractivity (Wildman–Crippen MR) is 80.6 cm³/mol. The molecule has 1 heterocycles. The number of nitrogens with two attached hydrogens (primary N) is 1. The molecule has 1 aromatic heterocycles. The number of amides is 2. The summed E-state index contributed by atoms with van der Waals surface area (Å²) in [5, 5.41) is 13.9. The third-order valence-electron chi connectivity index (χ3n) is 3.28. The number of benzene rings is 1. The van der Waals surface area contributed by atoms with Crippen LogP contribution in [0.4, 0.5) is 10.5 Å². The van der Waals surface area contributed by atoms with Gasteiger partial charge in [-0.25, -0.2) is 4.79 Å². The molecular formula is C14H20N6O. The number of nitrogens with one attached hydrogen (secondary N) is 2. The number of aryl methyl sites for hydroxylation is 1. The number of hydrogen-bond donors (Lipinski definition) is 3. The Hall–Kier alpha value is -2.41. The molecule has 0 radical (unpaired) electrons. The topological polar surface area (TPSA) is 97.9 Å². The summed E-state index contributed by atoms with van der Waals surface area (Å²) in [6.07, 6.45) is 1.73. The van der Waals surface area contributed by atoms with Gasteiger partial charge < -0.3 is 20.9 Å². The van der Waals surface area contributed by atoms with Crippen LogP contribution in [0, 0.1) is 0 Å². The van der Waals surface area contributed by atoms with Crippen molar-refractivity contribution in [3.63, 3.8) is 0 Å². The van der Waals surface area contributed by atoms with E-state index in [4.69, 9.17) is 5.73 Å². The molecule has 2 aromatic rings. The molecule has 0 spiro atoms. The summed E-state index contributed by atoms with van der Waals surface area (Å²) in [5.41, 5.74) is 6.88. The highest BCUT2D eigenvalue weighted by molar-refractivity contribution is 5.87. The fourth-order valence-electron chi connectivity index (χ4n) is 2.04. The van der Waals surface area contributed by atoms with E-state index >= 15 is 0 Å². The molecule has 0 saturated heterocycles. The van der Waals surface area contributed by atoms with Crippen LogP contribution >= 0.6 is 0 Å². The van der Waals surface area contributed by atoms with Gasteiger partial charge in [-0.1, -0.05) is 12.1 Å². The predicted octanol–water partition coefficient (Wildman–Crippen LogP) is 1.64. The van der Waals surface area contributed by atoms with Crippen LogP contribution in [0.25, 0.3) is 0 Å². The lowest BCUT2D eigenvalue weighted by atomic mass is 10.1. The van der Waals surface area contributed by atoms with E-state index in [0.29, 0.717) is 12.2 Å². The van der Waals surface area contributed by atoms with Crippen molar-refractivity contribution in [1.82, 2.24) is 20.1 Å². The first-order valence-corrected chi connectivity index (χ1v) is 6.86. The molecule has 0 saturated carbocycles. The van der Waals surface area contributed by atoms with Crippen LogP contribution in [0.2, 0.25) is 0 Å². The van der Waals surface area contributed by atoms with Gasteiger partial charge in [0.05, 0.1) is 6.54 Å². The second kappa shape index (κ2) is 6.85. The second-order valence-corrected chi connectivity index (χ2v) is 4.75. The molecule has 0 fully saturated rings. The fraction of sp³-hybridized carbons (Fsp3) is 0.357. The Kier molecular flexibility index (Phi) is 4.89. The number of rotatable bonds is 6. The lowest BCUT2D eigenvalue weighted by Crippen LogP contribution is -2.21. The Balaban J connectivity index is 1.94. The number of aromatic nitrogens is 3. The summed E-state index contributed by atoms with van der Waals surface area (Å²) in [7, 11) is 0. The minimum atomic E-state index is -0.562. The SMILES string of the molecule is CCn1cnnc1CNC(C)c1ccc(NC(N)=O)cc1. The van der Waals surface area contributed by atoms with Crippen LogP contribution in [-0.2, 0) is 13.1 Å². The molecule has 4 N–H and O–H groups in total. The van der Waals surface area contributed by atoms with Crippen molar-refractivity contribution in [2.24, 2.45) is 5.73 Å². The van der Waals surface area contributed by atoms with Gasteiger partial charge in [0, 0.05) is 18.3 Å². The van der Waals surface area contributed by atoms with Gasteiger partial charge in [-0.2, -0.15) is 0 Å². The van der Waals surface area contributed by atoms with Crippen molar-refractivity contribution in [2.45, 2.75) is 33.0 Å². The highest BCUT2D eigenvalue weighted by Crippen LogP contribution is 2.16. The molecule has 21 heavy (non-hydrogen) atoms. The van der Waals surface area contributed by atoms with Gasteiger partial charge in [0.15, 0.2) is 0 Å². The van der Waals surface area contributed by atoms with Crippen molar-refractivity contribution in [3.8, 4) is 0 Å². The van der Waals surface area contributed by atoms with E-state index in [9.17, 15) is 4.79 Å². The lowest BCUT2D eigenvalue weighted by molar-refractivity contribution is 0.259. The zero-order valence-corrected chi connectivity index (χ0v) is 12.2. The Morgan fingerprint density at radius 1 is 1.38 bits per heavy atom. The molecule has 1 atom stereocenters. The molecular weight excluding hydrogens is 268 g/mol. The maximum atomic E-state index is 10.8. The Morgan fingerprint density at radius 3 is 2.71 bits per heavy atom. The van der Waals surface area contributed by atoms with E-state index in [1.807, 2.05) is 28.8 Å². The summed E-state index contributed by atoms with van der Waals surface area (Å²) < 4.78 is 2.00. The number of carbonyl (C=O) groups excluding carboxylic acids is 1. The molecule has 7 nitrogen and oxygen atoms in total. The number of carbonyl (C=O) groups is 1. The Bertz CT molecular complexity index is 592.